The number of hydrogen-bond acceptors (Lipinski definition) is 2. The Morgan fingerprint density at radius 3 is 2.16 bits per heavy atom. The average molecular weight is 554 g/mol. The first-order valence-electron chi connectivity index (χ1n) is 11.0. The van der Waals surface area contributed by atoms with Crippen LogP contribution in [0, 0.1) is 5.92 Å². The van der Waals surface area contributed by atoms with Crippen LogP contribution in [-0.2, 0) is 28.2 Å². The maximum Gasteiger partial charge on any atom is 0.416 e. The highest BCUT2D eigenvalue weighted by molar-refractivity contribution is 5.92. The van der Waals surface area contributed by atoms with Crippen molar-refractivity contribution in [2.24, 2.45) is 5.92 Å². The zero-order valence-corrected chi connectivity index (χ0v) is 20.0. The topological polar surface area (TPSA) is 58.2 Å². The minimum Gasteiger partial charge on any atom is -0.352 e. The molecule has 0 bridgehead atoms. The zero-order valence-electron chi connectivity index (χ0n) is 20.0. The van der Waals surface area contributed by atoms with E-state index in [0.29, 0.717) is 12.1 Å². The van der Waals surface area contributed by atoms with Crippen molar-refractivity contribution in [3.05, 3.63) is 76.4 Å². The summed E-state index contributed by atoms with van der Waals surface area (Å²) in [7, 11) is 0. The average Bonchev–Trinajstić information content (AvgIpc) is 2.83. The fourth-order valence-electron chi connectivity index (χ4n) is 3.26. The van der Waals surface area contributed by atoms with Crippen LogP contribution < -0.4 is 10.6 Å². The summed E-state index contributed by atoms with van der Waals surface area (Å²) in [4.78, 5) is 24.0. The third-order valence-corrected chi connectivity index (χ3v) is 5.26. The van der Waals surface area contributed by atoms with Gasteiger partial charge in [0.1, 0.15) is 0 Å². The molecule has 38 heavy (non-hydrogen) atoms. The Balaban J connectivity index is 2.30. The Hall–Kier alpha value is -3.51. The van der Waals surface area contributed by atoms with E-state index in [1.807, 2.05) is 0 Å². The van der Waals surface area contributed by atoms with Gasteiger partial charge in [-0.2, -0.15) is 35.1 Å². The van der Waals surface area contributed by atoms with Gasteiger partial charge in [0.25, 0.3) is 0 Å². The Labute approximate surface area is 211 Å². The van der Waals surface area contributed by atoms with Gasteiger partial charge in [-0.1, -0.05) is 38.1 Å². The second-order valence-electron chi connectivity index (χ2n) is 8.57. The molecule has 0 fully saturated rings. The number of alkyl halides is 9. The summed E-state index contributed by atoms with van der Waals surface area (Å²) in [6.07, 6.45) is -8.63. The molecule has 0 radical (unpaired) electrons. The Kier molecular flexibility index (Phi) is 9.62. The summed E-state index contributed by atoms with van der Waals surface area (Å²) in [6.45, 7) is 0.718. The molecule has 208 valence electrons. The fourth-order valence-corrected chi connectivity index (χ4v) is 3.26. The first-order chi connectivity index (χ1) is 17.5. The number of nitrogens with one attached hydrogen (secondary N) is 2. The molecule has 0 saturated carbocycles. The number of hydrogen-bond donors (Lipinski definition) is 2. The lowest BCUT2D eigenvalue weighted by molar-refractivity contribution is -0.162. The molecule has 2 aromatic rings. The zero-order chi connectivity index (χ0) is 28.9. The second-order valence-corrected chi connectivity index (χ2v) is 8.57. The molecular weight excluding hydrogens is 531 g/mol. The van der Waals surface area contributed by atoms with E-state index in [-0.39, 0.29) is 23.7 Å². The highest BCUT2D eigenvalue weighted by atomic mass is 19.4. The van der Waals surface area contributed by atoms with Crippen LogP contribution in [0.25, 0.3) is 6.08 Å². The number of carbonyl (C=O) groups is 2. The van der Waals surface area contributed by atoms with Gasteiger partial charge in [0.05, 0.1) is 5.56 Å². The molecule has 0 aliphatic carbocycles. The smallest absolute Gasteiger partial charge is 0.352 e. The van der Waals surface area contributed by atoms with Crippen LogP contribution in [0.4, 0.5) is 39.5 Å². The first kappa shape index (κ1) is 30.7. The lowest BCUT2D eigenvalue weighted by atomic mass is 9.98. The summed E-state index contributed by atoms with van der Waals surface area (Å²) >= 11 is 0. The van der Waals surface area contributed by atoms with Gasteiger partial charge in [-0.15, -0.1) is 0 Å². The van der Waals surface area contributed by atoms with Crippen LogP contribution >= 0.6 is 0 Å². The van der Waals surface area contributed by atoms with Gasteiger partial charge in [0, 0.05) is 24.1 Å². The van der Waals surface area contributed by atoms with E-state index in [9.17, 15) is 49.1 Å². The van der Waals surface area contributed by atoms with Crippen molar-refractivity contribution in [1.82, 2.24) is 10.6 Å². The SMILES string of the molecule is CC(C)C(=O)NCc1ccc(/C=C/C(=O)NC(c2cccc(C(F)(F)F)c2)C(F)(F)F)cc1C(F)(F)CF. The molecule has 2 amide bonds. The lowest BCUT2D eigenvalue weighted by Gasteiger charge is -2.22. The predicted octanol–water partition coefficient (Wildman–Crippen LogP) is 6.47. The molecule has 0 aliphatic heterocycles. The molecule has 0 saturated heterocycles. The van der Waals surface area contributed by atoms with Gasteiger partial charge in [0.2, 0.25) is 11.8 Å². The third kappa shape index (κ3) is 8.25. The highest BCUT2D eigenvalue weighted by Gasteiger charge is 2.42. The van der Waals surface area contributed by atoms with E-state index < -0.39 is 65.4 Å². The van der Waals surface area contributed by atoms with Crippen molar-refractivity contribution in [1.29, 1.82) is 0 Å². The maximum absolute atomic E-state index is 14.2. The van der Waals surface area contributed by atoms with Crippen LogP contribution in [0.2, 0.25) is 0 Å². The quantitative estimate of drug-likeness (QED) is 0.276. The summed E-state index contributed by atoms with van der Waals surface area (Å²) in [5, 5.41) is 3.97. The molecule has 0 aromatic heterocycles. The van der Waals surface area contributed by atoms with E-state index >= 15 is 0 Å². The number of halogens is 9. The molecule has 4 nitrogen and oxygen atoms in total. The molecule has 2 rings (SSSR count). The molecule has 2 aromatic carbocycles. The normalized spacial score (nSPS) is 13.6. The standard InChI is InChI=1S/C25H23F9N2O2/c1-14(2)22(38)35-12-17-8-6-15(10-19(17)23(27,28)13-26)7-9-20(37)36-21(25(32,33)34)16-4-3-5-18(11-16)24(29,30)31/h3-11,14,21H,12-13H2,1-2H3,(H,35,38)(H,36,37)/b9-7+. The summed E-state index contributed by atoms with van der Waals surface area (Å²) < 4.78 is 121. The fraction of sp³-hybridized carbons (Fsp3) is 0.360. The van der Waals surface area contributed by atoms with Crippen molar-refractivity contribution in [3.63, 3.8) is 0 Å². The van der Waals surface area contributed by atoms with Crippen LogP contribution in [0.15, 0.2) is 48.5 Å². The molecule has 2 N–H and O–H groups in total. The maximum atomic E-state index is 14.2. The minimum atomic E-state index is -5.16. The Morgan fingerprint density at radius 1 is 0.947 bits per heavy atom. The van der Waals surface area contributed by atoms with Crippen molar-refractivity contribution in [3.8, 4) is 0 Å². The van der Waals surface area contributed by atoms with E-state index in [4.69, 9.17) is 0 Å². The predicted molar refractivity (Wildman–Crippen MR) is 120 cm³/mol. The molecule has 13 heteroatoms. The molecular formula is C25H23F9N2O2. The van der Waals surface area contributed by atoms with Crippen molar-refractivity contribution in [2.75, 3.05) is 6.67 Å². The largest absolute Gasteiger partial charge is 0.416 e. The Morgan fingerprint density at radius 2 is 1.61 bits per heavy atom. The van der Waals surface area contributed by atoms with Gasteiger partial charge in [-0.25, -0.2) is 4.39 Å². The first-order valence-corrected chi connectivity index (χ1v) is 11.0. The van der Waals surface area contributed by atoms with Crippen molar-refractivity contribution >= 4 is 17.9 Å². The van der Waals surface area contributed by atoms with E-state index in [2.05, 4.69) is 5.32 Å². The number of rotatable bonds is 9. The van der Waals surface area contributed by atoms with Gasteiger partial charge in [-0.05, 0) is 41.0 Å². The van der Waals surface area contributed by atoms with E-state index in [1.54, 1.807) is 19.2 Å². The van der Waals surface area contributed by atoms with Crippen LogP contribution in [-0.4, -0.2) is 24.7 Å². The Bertz CT molecular complexity index is 1170. The number of carbonyl (C=O) groups excluding carboxylic acids is 2. The highest BCUT2D eigenvalue weighted by Crippen LogP contribution is 2.36. The van der Waals surface area contributed by atoms with Crippen molar-refractivity contribution in [2.45, 2.75) is 44.7 Å². The number of benzene rings is 2. The molecule has 1 unspecified atom stereocenters. The van der Waals surface area contributed by atoms with Gasteiger partial charge in [-0.3, -0.25) is 9.59 Å². The van der Waals surface area contributed by atoms with Gasteiger partial charge < -0.3 is 10.6 Å². The summed E-state index contributed by atoms with van der Waals surface area (Å²) in [6, 6.07) is 2.72. The van der Waals surface area contributed by atoms with Gasteiger partial charge in [0.15, 0.2) is 12.7 Å². The minimum absolute atomic E-state index is 0.107. The van der Waals surface area contributed by atoms with Crippen molar-refractivity contribution < 1.29 is 49.1 Å². The van der Waals surface area contributed by atoms with Crippen LogP contribution in [0.1, 0.15) is 47.7 Å². The van der Waals surface area contributed by atoms with Crippen LogP contribution in [0.3, 0.4) is 0 Å². The second kappa shape index (κ2) is 11.9. The number of amides is 2. The third-order valence-electron chi connectivity index (χ3n) is 5.26. The molecule has 1 atom stereocenters. The van der Waals surface area contributed by atoms with Gasteiger partial charge >= 0.3 is 18.3 Å². The van der Waals surface area contributed by atoms with E-state index in [0.717, 1.165) is 30.3 Å². The molecule has 0 heterocycles. The molecule has 0 spiro atoms. The summed E-state index contributed by atoms with van der Waals surface area (Å²) in [5.41, 5.74) is -3.25. The monoisotopic (exact) mass is 554 g/mol. The molecule has 0 aliphatic rings. The summed E-state index contributed by atoms with van der Waals surface area (Å²) in [5.74, 6) is -6.23. The van der Waals surface area contributed by atoms with Crippen LogP contribution in [0.5, 0.6) is 0 Å². The van der Waals surface area contributed by atoms with E-state index in [1.165, 1.54) is 6.07 Å². The lowest BCUT2D eigenvalue weighted by Crippen LogP contribution is -2.37.